The van der Waals surface area contributed by atoms with Gasteiger partial charge in [0.05, 0.1) is 19.8 Å². The summed E-state index contributed by atoms with van der Waals surface area (Å²) in [5.41, 5.74) is 6.75. The van der Waals surface area contributed by atoms with E-state index in [2.05, 4.69) is 58.1 Å². The average Bonchev–Trinajstić information content (AvgIpc) is 3.68. The first kappa shape index (κ1) is 43.2. The SMILES string of the molecule is CC1=C(C)C(=O)N([C@H]2[C@H](O[Si](C)(C)C(C)(C)C)O[C@H](COCc3ccccc3)[C@@H](OC(=O)OCC3c4ccccc4-c4ccccc43)[C@@H]2OCc2cccc3ccccc23)C1=O. The van der Waals surface area contributed by atoms with E-state index in [1.54, 1.807) is 13.8 Å². The number of fused-ring (bicyclic) bond motifs is 4. The molecule has 1 aliphatic carbocycles. The molecule has 0 radical (unpaired) electrons. The second-order valence-corrected chi connectivity index (χ2v) is 22.7. The fraction of sp³-hybridized carbons (Fsp3) is 0.353. The first-order valence-corrected chi connectivity index (χ1v) is 24.2. The topological polar surface area (TPSA) is 110 Å². The molecular formula is C51H55NO9Si. The van der Waals surface area contributed by atoms with Crippen molar-refractivity contribution >= 4 is 37.1 Å². The number of carbonyl (C=O) groups is 3. The molecule has 8 rings (SSSR count). The fourth-order valence-corrected chi connectivity index (χ4v) is 9.58. The molecule has 1 fully saturated rings. The van der Waals surface area contributed by atoms with Gasteiger partial charge in [0.2, 0.25) is 0 Å². The Morgan fingerprint density at radius 1 is 0.710 bits per heavy atom. The molecule has 3 aliphatic rings. The maximum Gasteiger partial charge on any atom is 0.508 e. The lowest BCUT2D eigenvalue weighted by Crippen LogP contribution is -2.69. The molecule has 5 atom stereocenters. The summed E-state index contributed by atoms with van der Waals surface area (Å²) >= 11 is 0. The van der Waals surface area contributed by atoms with Gasteiger partial charge in [-0.1, -0.05) is 142 Å². The van der Waals surface area contributed by atoms with Crippen molar-refractivity contribution in [2.75, 3.05) is 13.2 Å². The van der Waals surface area contributed by atoms with E-state index in [1.807, 2.05) is 97.1 Å². The van der Waals surface area contributed by atoms with Crippen LogP contribution in [0.15, 0.2) is 132 Å². The van der Waals surface area contributed by atoms with Gasteiger partial charge in [-0.25, -0.2) is 4.79 Å². The summed E-state index contributed by atoms with van der Waals surface area (Å²) in [6.45, 7) is 14.1. The van der Waals surface area contributed by atoms with Crippen molar-refractivity contribution in [1.29, 1.82) is 0 Å². The van der Waals surface area contributed by atoms with Crippen molar-refractivity contribution in [3.8, 4) is 11.1 Å². The third-order valence-electron chi connectivity index (χ3n) is 13.0. The number of ether oxygens (including phenoxy) is 5. The third kappa shape index (κ3) is 8.52. The number of hydrogen-bond donors (Lipinski definition) is 0. The van der Waals surface area contributed by atoms with E-state index < -0.39 is 56.9 Å². The highest BCUT2D eigenvalue weighted by atomic mass is 28.4. The zero-order valence-electron chi connectivity index (χ0n) is 36.5. The maximum absolute atomic E-state index is 14.3. The first-order valence-electron chi connectivity index (χ1n) is 21.3. The van der Waals surface area contributed by atoms with Crippen LogP contribution in [0.1, 0.15) is 62.8 Å². The number of amides is 2. The molecule has 2 aliphatic heterocycles. The summed E-state index contributed by atoms with van der Waals surface area (Å²) in [5.74, 6) is -1.18. The van der Waals surface area contributed by atoms with Gasteiger partial charge in [0.1, 0.15) is 24.9 Å². The van der Waals surface area contributed by atoms with Crippen LogP contribution in [0.4, 0.5) is 4.79 Å². The summed E-state index contributed by atoms with van der Waals surface area (Å²) in [6.07, 6.45) is -5.44. The van der Waals surface area contributed by atoms with Gasteiger partial charge in [0.25, 0.3) is 11.8 Å². The van der Waals surface area contributed by atoms with E-state index in [-0.39, 0.29) is 37.4 Å². The minimum absolute atomic E-state index is 0.0169. The van der Waals surface area contributed by atoms with E-state index >= 15 is 0 Å². The number of rotatable bonds is 13. The molecular weight excluding hydrogens is 799 g/mol. The molecule has 1 saturated heterocycles. The van der Waals surface area contributed by atoms with E-state index in [0.717, 1.165) is 44.2 Å². The van der Waals surface area contributed by atoms with Crippen molar-refractivity contribution in [3.63, 3.8) is 0 Å². The average molecular weight is 854 g/mol. The molecule has 0 bridgehead atoms. The van der Waals surface area contributed by atoms with Gasteiger partial charge >= 0.3 is 6.16 Å². The molecule has 0 unspecified atom stereocenters. The van der Waals surface area contributed by atoms with E-state index in [1.165, 1.54) is 4.90 Å². The van der Waals surface area contributed by atoms with Crippen LogP contribution in [0.2, 0.25) is 18.1 Å². The molecule has 0 N–H and O–H groups in total. The molecule has 2 amide bonds. The quantitative estimate of drug-likeness (QED) is 0.0650. The zero-order chi connectivity index (χ0) is 43.8. The normalized spacial score (nSPS) is 21.7. The zero-order valence-corrected chi connectivity index (χ0v) is 37.5. The third-order valence-corrected chi connectivity index (χ3v) is 17.5. The minimum atomic E-state index is -2.69. The Kier molecular flexibility index (Phi) is 12.4. The Bertz CT molecular complexity index is 2420. The smallest absolute Gasteiger partial charge is 0.433 e. The number of hydrogen-bond acceptors (Lipinski definition) is 9. The van der Waals surface area contributed by atoms with Crippen molar-refractivity contribution in [1.82, 2.24) is 4.90 Å². The van der Waals surface area contributed by atoms with Gasteiger partial charge in [-0.2, -0.15) is 0 Å². The Balaban J connectivity index is 1.18. The number of nitrogens with zero attached hydrogens (tertiary/aromatic N) is 1. The van der Waals surface area contributed by atoms with Gasteiger partial charge in [-0.05, 0) is 76.1 Å². The van der Waals surface area contributed by atoms with Gasteiger partial charge in [0, 0.05) is 17.1 Å². The highest BCUT2D eigenvalue weighted by Gasteiger charge is 2.58. The summed E-state index contributed by atoms with van der Waals surface area (Å²) in [6, 6.07) is 38.7. The lowest BCUT2D eigenvalue weighted by Gasteiger charge is -2.50. The lowest BCUT2D eigenvalue weighted by atomic mass is 9.94. The molecule has 0 spiro atoms. The van der Waals surface area contributed by atoms with Crippen LogP contribution in [-0.4, -0.2) is 75.0 Å². The van der Waals surface area contributed by atoms with Crippen LogP contribution in [0, 0.1) is 0 Å². The number of benzene rings is 5. The highest BCUT2D eigenvalue weighted by Crippen LogP contribution is 2.45. The summed E-state index contributed by atoms with van der Waals surface area (Å²) < 4.78 is 39.7. The van der Waals surface area contributed by atoms with Crippen LogP contribution >= 0.6 is 0 Å². The van der Waals surface area contributed by atoms with E-state index in [0.29, 0.717) is 11.1 Å². The molecule has 2 heterocycles. The monoisotopic (exact) mass is 853 g/mol. The predicted octanol–water partition coefficient (Wildman–Crippen LogP) is 10.1. The Labute approximate surface area is 364 Å². The second kappa shape index (κ2) is 17.7. The molecule has 62 heavy (non-hydrogen) atoms. The van der Waals surface area contributed by atoms with Crippen LogP contribution in [0.3, 0.4) is 0 Å². The molecule has 0 saturated carbocycles. The summed E-state index contributed by atoms with van der Waals surface area (Å²) in [7, 11) is -2.69. The van der Waals surface area contributed by atoms with Gasteiger partial charge in [-0.15, -0.1) is 0 Å². The molecule has 5 aromatic carbocycles. The van der Waals surface area contributed by atoms with Crippen LogP contribution < -0.4 is 0 Å². The van der Waals surface area contributed by atoms with E-state index in [9.17, 15) is 14.4 Å². The first-order chi connectivity index (χ1) is 29.7. The Morgan fingerprint density at radius 3 is 1.97 bits per heavy atom. The lowest BCUT2D eigenvalue weighted by molar-refractivity contribution is -0.276. The standard InChI is InChI=1S/C51H55NO9Si/c1-32-33(2)48(54)52(47(32)53)44-46(57-29-36-22-17-21-35-20-11-12-23-37(35)36)45(60-50(55)58-30-42-40-26-15-13-24-38(40)39-25-14-16-27-41(39)42)43(31-56-28-34-18-9-8-10-19-34)59-49(44)61-62(6,7)51(3,4)5/h8-27,42-46,49H,28-31H2,1-7H3/t43-,44-,45-,46-,49+/m1/s1. The molecule has 0 aromatic heterocycles. The van der Waals surface area contributed by atoms with Gasteiger partial charge in [-0.3, -0.25) is 14.5 Å². The van der Waals surface area contributed by atoms with Crippen LogP contribution in [-0.2, 0) is 50.9 Å². The Hall–Kier alpha value is -5.43. The fourth-order valence-electron chi connectivity index (χ4n) is 8.45. The van der Waals surface area contributed by atoms with Gasteiger partial charge < -0.3 is 28.1 Å². The number of imide groups is 1. The largest absolute Gasteiger partial charge is 0.508 e. The molecule has 11 heteroatoms. The predicted molar refractivity (Wildman–Crippen MR) is 240 cm³/mol. The van der Waals surface area contributed by atoms with E-state index in [4.69, 9.17) is 28.1 Å². The number of carbonyl (C=O) groups excluding carboxylic acids is 3. The molecule has 322 valence electrons. The summed E-state index contributed by atoms with van der Waals surface area (Å²) in [5, 5.41) is 1.72. The van der Waals surface area contributed by atoms with Crippen molar-refractivity contribution in [3.05, 3.63) is 155 Å². The molecule has 10 nitrogen and oxygen atoms in total. The van der Waals surface area contributed by atoms with Crippen molar-refractivity contribution in [2.45, 2.75) is 103 Å². The molecule has 5 aromatic rings. The minimum Gasteiger partial charge on any atom is -0.433 e. The van der Waals surface area contributed by atoms with Crippen molar-refractivity contribution in [2.24, 2.45) is 0 Å². The van der Waals surface area contributed by atoms with Gasteiger partial charge in [0.15, 0.2) is 20.7 Å². The summed E-state index contributed by atoms with van der Waals surface area (Å²) in [4.78, 5) is 43.9. The second-order valence-electron chi connectivity index (χ2n) is 17.9. The van der Waals surface area contributed by atoms with Crippen molar-refractivity contribution < 1.29 is 42.5 Å². The van der Waals surface area contributed by atoms with Crippen LogP contribution in [0.5, 0.6) is 0 Å². The van der Waals surface area contributed by atoms with Crippen LogP contribution in [0.25, 0.3) is 21.9 Å². The Morgan fingerprint density at radius 2 is 1.31 bits per heavy atom. The highest BCUT2D eigenvalue weighted by molar-refractivity contribution is 6.74. The maximum atomic E-state index is 14.3.